The smallest absolute Gasteiger partial charge is 0.191 e. The maximum Gasteiger partial charge on any atom is 0.191 e. The molecule has 1 aliphatic carbocycles. The summed E-state index contributed by atoms with van der Waals surface area (Å²) < 4.78 is 13.2. The first-order valence-electron chi connectivity index (χ1n) is 8.08. The molecule has 2 N–H and O–H groups in total. The number of halogens is 2. The van der Waals surface area contributed by atoms with Crippen LogP contribution in [0.4, 0.5) is 4.39 Å². The maximum absolute atomic E-state index is 13.2. The zero-order valence-corrected chi connectivity index (χ0v) is 16.5. The number of guanidine groups is 1. The van der Waals surface area contributed by atoms with Crippen molar-refractivity contribution in [2.24, 2.45) is 4.99 Å². The van der Waals surface area contributed by atoms with E-state index in [-0.39, 0.29) is 29.8 Å². The molecule has 0 heterocycles. The lowest BCUT2D eigenvalue weighted by Crippen LogP contribution is -2.45. The number of rotatable bonds is 7. The molecule has 1 unspecified atom stereocenters. The lowest BCUT2D eigenvalue weighted by Gasteiger charge is -2.25. The molecule has 1 aliphatic rings. The van der Waals surface area contributed by atoms with Gasteiger partial charge in [0.1, 0.15) is 5.82 Å². The summed E-state index contributed by atoms with van der Waals surface area (Å²) in [5, 5.41) is 6.61. The molecule has 0 amide bonds. The van der Waals surface area contributed by atoms with Gasteiger partial charge in [0.25, 0.3) is 0 Å². The zero-order valence-electron chi connectivity index (χ0n) is 14.2. The summed E-state index contributed by atoms with van der Waals surface area (Å²) >= 11 is 0. The van der Waals surface area contributed by atoms with Crippen molar-refractivity contribution in [3.05, 3.63) is 35.6 Å². The first-order chi connectivity index (χ1) is 10.6. The molecule has 6 heteroatoms. The summed E-state index contributed by atoms with van der Waals surface area (Å²) in [6.07, 6.45) is 2.63. The Morgan fingerprint density at radius 2 is 2.13 bits per heavy atom. The highest BCUT2D eigenvalue weighted by Gasteiger charge is 2.28. The van der Waals surface area contributed by atoms with Crippen molar-refractivity contribution in [1.29, 1.82) is 0 Å². The molecule has 0 aromatic heterocycles. The highest BCUT2D eigenvalue weighted by atomic mass is 127. The van der Waals surface area contributed by atoms with Crippen molar-refractivity contribution in [2.75, 3.05) is 20.1 Å². The predicted octanol–water partition coefficient (Wildman–Crippen LogP) is 2.98. The molecule has 0 saturated heterocycles. The number of likely N-dealkylation sites (N-methyl/N-ethyl adjacent to an activating group) is 1. The van der Waals surface area contributed by atoms with E-state index in [1.165, 1.54) is 25.0 Å². The number of benzene rings is 1. The molecule has 0 radical (unpaired) electrons. The van der Waals surface area contributed by atoms with E-state index in [2.05, 4.69) is 34.5 Å². The van der Waals surface area contributed by atoms with E-state index in [0.717, 1.165) is 30.7 Å². The van der Waals surface area contributed by atoms with Crippen molar-refractivity contribution in [3.8, 4) is 0 Å². The molecule has 0 spiro atoms. The van der Waals surface area contributed by atoms with Crippen molar-refractivity contribution in [3.63, 3.8) is 0 Å². The quantitative estimate of drug-likeness (QED) is 0.394. The van der Waals surface area contributed by atoms with Gasteiger partial charge in [-0.1, -0.05) is 12.1 Å². The number of aliphatic imine (C=N–C) groups is 1. The van der Waals surface area contributed by atoms with Gasteiger partial charge >= 0.3 is 0 Å². The minimum absolute atomic E-state index is 0. The number of hydrogen-bond donors (Lipinski definition) is 2. The van der Waals surface area contributed by atoms with E-state index in [4.69, 9.17) is 0 Å². The van der Waals surface area contributed by atoms with Gasteiger partial charge < -0.3 is 10.6 Å². The summed E-state index contributed by atoms with van der Waals surface area (Å²) in [7, 11) is 2.18. The van der Waals surface area contributed by atoms with E-state index in [1.807, 2.05) is 13.0 Å². The second-order valence-corrected chi connectivity index (χ2v) is 5.95. The number of nitrogens with zero attached hydrogens (tertiary/aromatic N) is 2. The largest absolute Gasteiger partial charge is 0.357 e. The molecule has 1 aromatic carbocycles. The maximum atomic E-state index is 13.2. The van der Waals surface area contributed by atoms with Gasteiger partial charge in [-0.25, -0.2) is 9.38 Å². The first kappa shape index (κ1) is 20.2. The minimum atomic E-state index is -0.217. The third kappa shape index (κ3) is 7.03. The lowest BCUT2D eigenvalue weighted by molar-refractivity contribution is 0.247. The second kappa shape index (κ2) is 10.1. The molecule has 0 aliphatic heterocycles. The predicted molar refractivity (Wildman–Crippen MR) is 105 cm³/mol. The molecular weight excluding hydrogens is 406 g/mol. The van der Waals surface area contributed by atoms with Gasteiger partial charge in [-0.3, -0.25) is 4.90 Å². The minimum Gasteiger partial charge on any atom is -0.357 e. The standard InChI is InChI=1S/C17H27FN4.HI/c1-4-19-17(20-11-13(2)22(3)16-8-9-16)21-12-14-6-5-7-15(18)10-14;/h5-7,10,13,16H,4,8-9,11-12H2,1-3H3,(H2,19,20,21);1H. The van der Waals surface area contributed by atoms with Crippen LogP contribution in [0.2, 0.25) is 0 Å². The normalized spacial score (nSPS) is 16.0. The van der Waals surface area contributed by atoms with Crippen molar-refractivity contribution in [1.82, 2.24) is 15.5 Å². The molecule has 130 valence electrons. The Labute approximate surface area is 156 Å². The van der Waals surface area contributed by atoms with Crippen molar-refractivity contribution < 1.29 is 4.39 Å². The van der Waals surface area contributed by atoms with E-state index < -0.39 is 0 Å². The number of hydrogen-bond acceptors (Lipinski definition) is 2. The van der Waals surface area contributed by atoms with Crippen LogP contribution in [0.15, 0.2) is 29.3 Å². The SMILES string of the molecule is CCNC(=NCc1cccc(F)c1)NCC(C)N(C)C1CC1.I. The fourth-order valence-corrected chi connectivity index (χ4v) is 2.38. The molecule has 1 saturated carbocycles. The summed E-state index contributed by atoms with van der Waals surface area (Å²) in [6.45, 7) is 6.39. The second-order valence-electron chi connectivity index (χ2n) is 5.95. The van der Waals surface area contributed by atoms with Gasteiger partial charge in [-0.05, 0) is 51.4 Å². The van der Waals surface area contributed by atoms with Crippen LogP contribution in [0.3, 0.4) is 0 Å². The molecule has 1 aromatic rings. The van der Waals surface area contributed by atoms with E-state index in [1.54, 1.807) is 6.07 Å². The summed E-state index contributed by atoms with van der Waals surface area (Å²) in [6, 6.07) is 7.80. The fourth-order valence-electron chi connectivity index (χ4n) is 2.38. The monoisotopic (exact) mass is 434 g/mol. The van der Waals surface area contributed by atoms with Gasteiger partial charge in [-0.2, -0.15) is 0 Å². The van der Waals surface area contributed by atoms with Crippen LogP contribution >= 0.6 is 24.0 Å². The Morgan fingerprint density at radius 1 is 1.39 bits per heavy atom. The third-order valence-electron chi connectivity index (χ3n) is 4.04. The summed E-state index contributed by atoms with van der Waals surface area (Å²) in [5.41, 5.74) is 0.875. The van der Waals surface area contributed by atoms with Crippen LogP contribution in [0.5, 0.6) is 0 Å². The van der Waals surface area contributed by atoms with Crippen molar-refractivity contribution in [2.45, 2.75) is 45.3 Å². The molecule has 4 nitrogen and oxygen atoms in total. The Bertz CT molecular complexity index is 505. The summed E-state index contributed by atoms with van der Waals surface area (Å²) in [4.78, 5) is 6.95. The Balaban J connectivity index is 0.00000264. The zero-order chi connectivity index (χ0) is 15.9. The van der Waals surface area contributed by atoms with Crippen LogP contribution in [0.25, 0.3) is 0 Å². The topological polar surface area (TPSA) is 39.7 Å². The van der Waals surface area contributed by atoms with Crippen molar-refractivity contribution >= 4 is 29.9 Å². The highest BCUT2D eigenvalue weighted by Crippen LogP contribution is 2.26. The van der Waals surface area contributed by atoms with Gasteiger partial charge in [0.2, 0.25) is 0 Å². The van der Waals surface area contributed by atoms with Crippen LogP contribution < -0.4 is 10.6 Å². The third-order valence-corrected chi connectivity index (χ3v) is 4.04. The van der Waals surface area contributed by atoms with Gasteiger partial charge in [0.05, 0.1) is 6.54 Å². The van der Waals surface area contributed by atoms with Crippen LogP contribution in [0.1, 0.15) is 32.3 Å². The molecule has 2 rings (SSSR count). The van der Waals surface area contributed by atoms with Gasteiger partial charge in [-0.15, -0.1) is 24.0 Å². The van der Waals surface area contributed by atoms with Gasteiger partial charge in [0.15, 0.2) is 5.96 Å². The number of nitrogens with one attached hydrogen (secondary N) is 2. The average Bonchev–Trinajstić information content (AvgIpc) is 3.34. The van der Waals surface area contributed by atoms with Crippen LogP contribution in [0, 0.1) is 5.82 Å². The molecule has 0 bridgehead atoms. The highest BCUT2D eigenvalue weighted by molar-refractivity contribution is 14.0. The van der Waals surface area contributed by atoms with Crippen LogP contribution in [-0.4, -0.2) is 43.1 Å². The fraction of sp³-hybridized carbons (Fsp3) is 0.588. The molecule has 1 atom stereocenters. The Hall–Kier alpha value is -0.890. The van der Waals surface area contributed by atoms with E-state index in [9.17, 15) is 4.39 Å². The first-order valence-corrected chi connectivity index (χ1v) is 8.08. The molecular formula is C17H28FIN4. The Kier molecular flexibility index (Phi) is 8.83. The summed E-state index contributed by atoms with van der Waals surface area (Å²) in [5.74, 6) is 0.563. The Morgan fingerprint density at radius 3 is 2.74 bits per heavy atom. The molecule has 23 heavy (non-hydrogen) atoms. The molecule has 1 fully saturated rings. The van der Waals surface area contributed by atoms with E-state index >= 15 is 0 Å². The average molecular weight is 434 g/mol. The van der Waals surface area contributed by atoms with E-state index in [0.29, 0.717) is 12.6 Å². The lowest BCUT2D eigenvalue weighted by atomic mass is 10.2. The van der Waals surface area contributed by atoms with Crippen LogP contribution in [-0.2, 0) is 6.54 Å². The van der Waals surface area contributed by atoms with Gasteiger partial charge in [0, 0.05) is 25.2 Å².